The molecule has 12 heavy (non-hydrogen) atoms. The SMILES string of the molecule is CCC(Cc1cccs1)C(=O)O. The van der Waals surface area contributed by atoms with Crippen LogP contribution in [0.2, 0.25) is 0 Å². The summed E-state index contributed by atoms with van der Waals surface area (Å²) in [6.45, 7) is 1.91. The molecule has 0 aliphatic heterocycles. The predicted octanol–water partition coefficient (Wildman–Crippen LogP) is 2.40. The van der Waals surface area contributed by atoms with Crippen LogP contribution in [0, 0.1) is 5.92 Å². The molecule has 0 fully saturated rings. The number of carboxylic acids is 1. The Bertz CT molecular complexity index is 241. The largest absolute Gasteiger partial charge is 0.481 e. The normalized spacial score (nSPS) is 12.8. The molecule has 0 radical (unpaired) electrons. The van der Waals surface area contributed by atoms with Gasteiger partial charge >= 0.3 is 5.97 Å². The van der Waals surface area contributed by atoms with Gasteiger partial charge in [0.1, 0.15) is 0 Å². The highest BCUT2D eigenvalue weighted by molar-refractivity contribution is 7.09. The fourth-order valence-corrected chi connectivity index (χ4v) is 1.86. The first-order valence-corrected chi connectivity index (χ1v) is 4.87. The Morgan fingerprint density at radius 3 is 2.92 bits per heavy atom. The van der Waals surface area contributed by atoms with Crippen molar-refractivity contribution >= 4 is 17.3 Å². The van der Waals surface area contributed by atoms with Crippen molar-refractivity contribution in [1.29, 1.82) is 0 Å². The zero-order valence-electron chi connectivity index (χ0n) is 6.99. The number of carbonyl (C=O) groups is 1. The lowest BCUT2D eigenvalue weighted by Crippen LogP contribution is -2.14. The van der Waals surface area contributed by atoms with E-state index in [0.717, 1.165) is 4.88 Å². The third-order valence-corrected chi connectivity index (χ3v) is 2.77. The van der Waals surface area contributed by atoms with Crippen LogP contribution in [0.4, 0.5) is 0 Å². The quantitative estimate of drug-likeness (QED) is 0.780. The predicted molar refractivity (Wildman–Crippen MR) is 49.4 cm³/mol. The monoisotopic (exact) mass is 184 g/mol. The summed E-state index contributed by atoms with van der Waals surface area (Å²) in [7, 11) is 0. The van der Waals surface area contributed by atoms with Crippen LogP contribution in [0.25, 0.3) is 0 Å². The maximum absolute atomic E-state index is 10.7. The number of hydrogen-bond donors (Lipinski definition) is 1. The maximum Gasteiger partial charge on any atom is 0.306 e. The first-order valence-electron chi connectivity index (χ1n) is 3.99. The van der Waals surface area contributed by atoms with Crippen LogP contribution >= 0.6 is 11.3 Å². The van der Waals surface area contributed by atoms with Crippen LogP contribution in [0.5, 0.6) is 0 Å². The van der Waals surface area contributed by atoms with Crippen molar-refractivity contribution < 1.29 is 9.90 Å². The topological polar surface area (TPSA) is 37.3 Å². The minimum Gasteiger partial charge on any atom is -0.481 e. The molecule has 1 N–H and O–H groups in total. The highest BCUT2D eigenvalue weighted by Gasteiger charge is 2.15. The van der Waals surface area contributed by atoms with Crippen LogP contribution in [0.15, 0.2) is 17.5 Å². The summed E-state index contributed by atoms with van der Waals surface area (Å²) < 4.78 is 0. The Morgan fingerprint density at radius 1 is 1.75 bits per heavy atom. The number of aliphatic carboxylic acids is 1. The molecule has 1 heterocycles. The Morgan fingerprint density at radius 2 is 2.50 bits per heavy atom. The third-order valence-electron chi connectivity index (χ3n) is 1.87. The summed E-state index contributed by atoms with van der Waals surface area (Å²) in [5.74, 6) is -0.908. The molecule has 1 unspecified atom stereocenters. The number of hydrogen-bond acceptors (Lipinski definition) is 2. The lowest BCUT2D eigenvalue weighted by Gasteiger charge is -2.06. The van der Waals surface area contributed by atoms with E-state index in [0.29, 0.717) is 12.8 Å². The van der Waals surface area contributed by atoms with E-state index >= 15 is 0 Å². The van der Waals surface area contributed by atoms with Crippen LogP contribution in [-0.2, 0) is 11.2 Å². The fourth-order valence-electron chi connectivity index (χ4n) is 1.08. The van der Waals surface area contributed by atoms with E-state index in [1.807, 2.05) is 24.4 Å². The van der Waals surface area contributed by atoms with Gasteiger partial charge in [0, 0.05) is 4.88 Å². The second-order valence-corrected chi connectivity index (χ2v) is 3.76. The van der Waals surface area contributed by atoms with E-state index in [2.05, 4.69) is 0 Å². The van der Waals surface area contributed by atoms with E-state index in [1.165, 1.54) is 0 Å². The second kappa shape index (κ2) is 4.26. The van der Waals surface area contributed by atoms with Crippen LogP contribution in [0.1, 0.15) is 18.2 Å². The molecule has 0 bridgehead atoms. The van der Waals surface area contributed by atoms with Crippen molar-refractivity contribution in [3.8, 4) is 0 Å². The second-order valence-electron chi connectivity index (χ2n) is 2.73. The maximum atomic E-state index is 10.7. The average molecular weight is 184 g/mol. The van der Waals surface area contributed by atoms with Crippen molar-refractivity contribution in [2.45, 2.75) is 19.8 Å². The van der Waals surface area contributed by atoms with Crippen molar-refractivity contribution in [3.05, 3.63) is 22.4 Å². The fraction of sp³-hybridized carbons (Fsp3) is 0.444. The minimum absolute atomic E-state index is 0.219. The van der Waals surface area contributed by atoms with Gasteiger partial charge in [0.2, 0.25) is 0 Å². The van der Waals surface area contributed by atoms with Crippen molar-refractivity contribution in [3.63, 3.8) is 0 Å². The van der Waals surface area contributed by atoms with Crippen molar-refractivity contribution in [2.75, 3.05) is 0 Å². The van der Waals surface area contributed by atoms with E-state index in [9.17, 15) is 4.79 Å². The van der Waals surface area contributed by atoms with E-state index in [1.54, 1.807) is 11.3 Å². The first-order chi connectivity index (χ1) is 5.74. The Kier molecular flexibility index (Phi) is 3.29. The zero-order valence-corrected chi connectivity index (χ0v) is 7.80. The summed E-state index contributed by atoms with van der Waals surface area (Å²) in [5, 5.41) is 10.8. The van der Waals surface area contributed by atoms with Gasteiger partial charge in [-0.1, -0.05) is 13.0 Å². The summed E-state index contributed by atoms with van der Waals surface area (Å²) in [4.78, 5) is 11.8. The standard InChI is InChI=1S/C9H12O2S/c1-2-7(9(10)11)6-8-4-3-5-12-8/h3-5,7H,2,6H2,1H3,(H,10,11). The average Bonchev–Trinajstić information content (AvgIpc) is 2.51. The van der Waals surface area contributed by atoms with E-state index in [-0.39, 0.29) is 5.92 Å². The number of carboxylic acid groups (broad SMARTS) is 1. The van der Waals surface area contributed by atoms with Gasteiger partial charge in [-0.15, -0.1) is 11.3 Å². The molecule has 0 aliphatic carbocycles. The Labute approximate surface area is 75.9 Å². The molecule has 0 amide bonds. The van der Waals surface area contributed by atoms with Gasteiger partial charge in [-0.3, -0.25) is 4.79 Å². The van der Waals surface area contributed by atoms with Crippen molar-refractivity contribution in [1.82, 2.24) is 0 Å². The van der Waals surface area contributed by atoms with Gasteiger partial charge < -0.3 is 5.11 Å². The van der Waals surface area contributed by atoms with Crippen molar-refractivity contribution in [2.24, 2.45) is 5.92 Å². The molecule has 2 nitrogen and oxygen atoms in total. The summed E-state index contributed by atoms with van der Waals surface area (Å²) in [6.07, 6.45) is 1.37. The summed E-state index contributed by atoms with van der Waals surface area (Å²) >= 11 is 1.62. The molecule has 0 spiro atoms. The van der Waals surface area contributed by atoms with Crippen LogP contribution < -0.4 is 0 Å². The molecule has 1 rings (SSSR count). The molecule has 0 saturated carbocycles. The Hall–Kier alpha value is -0.830. The molecular weight excluding hydrogens is 172 g/mol. The van der Waals surface area contributed by atoms with Gasteiger partial charge in [-0.05, 0) is 24.3 Å². The molecule has 1 atom stereocenters. The van der Waals surface area contributed by atoms with Gasteiger partial charge in [-0.2, -0.15) is 0 Å². The van der Waals surface area contributed by atoms with Crippen LogP contribution in [-0.4, -0.2) is 11.1 Å². The zero-order chi connectivity index (χ0) is 8.97. The van der Waals surface area contributed by atoms with Gasteiger partial charge in [0.15, 0.2) is 0 Å². The molecule has 1 aromatic rings. The van der Waals surface area contributed by atoms with E-state index in [4.69, 9.17) is 5.11 Å². The number of rotatable bonds is 4. The number of thiophene rings is 1. The molecule has 3 heteroatoms. The third kappa shape index (κ3) is 2.34. The van der Waals surface area contributed by atoms with Gasteiger partial charge in [0.25, 0.3) is 0 Å². The highest BCUT2D eigenvalue weighted by Crippen LogP contribution is 2.16. The lowest BCUT2D eigenvalue weighted by molar-refractivity contribution is -0.141. The first kappa shape index (κ1) is 9.26. The van der Waals surface area contributed by atoms with Crippen LogP contribution in [0.3, 0.4) is 0 Å². The Balaban J connectivity index is 2.54. The lowest BCUT2D eigenvalue weighted by atomic mass is 10.0. The molecule has 1 aromatic heterocycles. The molecule has 0 aromatic carbocycles. The van der Waals surface area contributed by atoms with Gasteiger partial charge in [-0.25, -0.2) is 0 Å². The molecule has 0 saturated heterocycles. The molecular formula is C9H12O2S. The molecule has 66 valence electrons. The highest BCUT2D eigenvalue weighted by atomic mass is 32.1. The summed E-state index contributed by atoms with van der Waals surface area (Å²) in [5.41, 5.74) is 0. The molecule has 0 aliphatic rings. The van der Waals surface area contributed by atoms with E-state index < -0.39 is 5.97 Å². The smallest absolute Gasteiger partial charge is 0.306 e. The summed E-state index contributed by atoms with van der Waals surface area (Å²) in [6, 6.07) is 3.94. The minimum atomic E-state index is -0.689. The van der Waals surface area contributed by atoms with Gasteiger partial charge in [0.05, 0.1) is 5.92 Å².